The van der Waals surface area contributed by atoms with Gasteiger partial charge in [0.25, 0.3) is 0 Å². The minimum absolute atomic E-state index is 0.933. The lowest BCUT2D eigenvalue weighted by molar-refractivity contribution is 1.22. The largest absolute Gasteiger partial charge is 0.264 e. The third-order valence-electron chi connectivity index (χ3n) is 1.66. The summed E-state index contributed by atoms with van der Waals surface area (Å²) in [5, 5.41) is 0. The minimum atomic E-state index is 0.933. The summed E-state index contributed by atoms with van der Waals surface area (Å²) < 4.78 is 0. The van der Waals surface area contributed by atoms with Crippen molar-refractivity contribution in [1.29, 1.82) is 0 Å². The second kappa shape index (κ2) is 3.58. The van der Waals surface area contributed by atoms with Crippen molar-refractivity contribution in [1.82, 2.24) is 4.98 Å². The van der Waals surface area contributed by atoms with Gasteiger partial charge in [0.2, 0.25) is 0 Å². The van der Waals surface area contributed by atoms with Gasteiger partial charge < -0.3 is 0 Å². The van der Waals surface area contributed by atoms with Gasteiger partial charge in [0.05, 0.1) is 0 Å². The van der Waals surface area contributed by atoms with Gasteiger partial charge in [-0.1, -0.05) is 6.08 Å². The molecule has 0 aliphatic rings. The number of rotatable bonds is 1. The van der Waals surface area contributed by atoms with Gasteiger partial charge in [-0.25, -0.2) is 0 Å². The van der Waals surface area contributed by atoms with Gasteiger partial charge in [-0.05, 0) is 31.1 Å². The average molecular weight is 165 g/mol. The van der Waals surface area contributed by atoms with Crippen LogP contribution in [0.2, 0.25) is 0 Å². The van der Waals surface area contributed by atoms with Crippen molar-refractivity contribution in [3.8, 4) is 0 Å². The number of aromatic nitrogens is 1. The number of hydrogen-bond donors (Lipinski definition) is 1. The van der Waals surface area contributed by atoms with Gasteiger partial charge in [-0.15, -0.1) is 12.6 Å². The normalized spacial score (nSPS) is 11.7. The molecule has 1 nitrogen and oxygen atoms in total. The first kappa shape index (κ1) is 8.34. The smallest absolute Gasteiger partial charge is 0.0407 e. The molecular formula is C9H11NS. The fourth-order valence-corrected chi connectivity index (χ4v) is 1.19. The van der Waals surface area contributed by atoms with Gasteiger partial charge in [-0.2, -0.15) is 0 Å². The zero-order chi connectivity index (χ0) is 8.27. The number of thiol groups is 1. The van der Waals surface area contributed by atoms with Crippen molar-refractivity contribution < 1.29 is 0 Å². The molecule has 0 bridgehead atoms. The SMILES string of the molecule is C/C=C(/C)c1ccncc1S. The molecule has 0 aromatic carbocycles. The van der Waals surface area contributed by atoms with E-state index in [1.54, 1.807) is 12.4 Å². The predicted octanol–water partition coefficient (Wildman–Crippen LogP) is 2.79. The Balaban J connectivity index is 3.14. The van der Waals surface area contributed by atoms with Crippen LogP contribution in [0.25, 0.3) is 5.57 Å². The van der Waals surface area contributed by atoms with Crippen LogP contribution in [0.15, 0.2) is 29.4 Å². The summed E-state index contributed by atoms with van der Waals surface area (Å²) >= 11 is 4.29. The van der Waals surface area contributed by atoms with Crippen molar-refractivity contribution in [2.75, 3.05) is 0 Å². The molecule has 1 rings (SSSR count). The predicted molar refractivity (Wildman–Crippen MR) is 50.8 cm³/mol. The molecular weight excluding hydrogens is 154 g/mol. The van der Waals surface area contributed by atoms with E-state index >= 15 is 0 Å². The maximum Gasteiger partial charge on any atom is 0.0407 e. The zero-order valence-corrected chi connectivity index (χ0v) is 7.60. The van der Waals surface area contributed by atoms with Crippen LogP contribution in [-0.4, -0.2) is 4.98 Å². The quantitative estimate of drug-likeness (QED) is 0.631. The molecule has 0 aliphatic carbocycles. The van der Waals surface area contributed by atoms with E-state index < -0.39 is 0 Å². The van der Waals surface area contributed by atoms with Crippen LogP contribution in [0.5, 0.6) is 0 Å². The number of nitrogens with zero attached hydrogens (tertiary/aromatic N) is 1. The molecule has 0 fully saturated rings. The summed E-state index contributed by atoms with van der Waals surface area (Å²) in [7, 11) is 0. The van der Waals surface area contributed by atoms with Gasteiger partial charge in [0.1, 0.15) is 0 Å². The highest BCUT2D eigenvalue weighted by atomic mass is 32.1. The van der Waals surface area contributed by atoms with Crippen molar-refractivity contribution in [2.24, 2.45) is 0 Å². The molecule has 1 heterocycles. The molecule has 0 unspecified atom stereocenters. The fraction of sp³-hybridized carbons (Fsp3) is 0.222. The van der Waals surface area contributed by atoms with Gasteiger partial charge in [0, 0.05) is 17.3 Å². The molecule has 0 N–H and O–H groups in total. The summed E-state index contributed by atoms with van der Waals surface area (Å²) in [6.07, 6.45) is 5.60. The maximum absolute atomic E-state index is 4.29. The Morgan fingerprint density at radius 2 is 2.36 bits per heavy atom. The summed E-state index contributed by atoms with van der Waals surface area (Å²) in [6.45, 7) is 4.08. The molecule has 11 heavy (non-hydrogen) atoms. The van der Waals surface area contributed by atoms with E-state index in [2.05, 4.69) is 30.6 Å². The maximum atomic E-state index is 4.29. The molecule has 1 aromatic heterocycles. The van der Waals surface area contributed by atoms with Crippen LogP contribution in [0.4, 0.5) is 0 Å². The van der Waals surface area contributed by atoms with E-state index in [1.807, 2.05) is 13.0 Å². The Bertz CT molecular complexity index is 279. The highest BCUT2D eigenvalue weighted by Gasteiger charge is 1.97. The standard InChI is InChI=1S/C9H11NS/c1-3-7(2)8-4-5-10-6-9(8)11/h3-6,11H,1-2H3/b7-3-. The molecule has 1 aromatic rings. The molecule has 0 saturated heterocycles. The zero-order valence-electron chi connectivity index (χ0n) is 6.70. The second-order valence-corrected chi connectivity index (χ2v) is 2.85. The van der Waals surface area contributed by atoms with E-state index in [9.17, 15) is 0 Å². The van der Waals surface area contributed by atoms with Gasteiger partial charge >= 0.3 is 0 Å². The first-order chi connectivity index (χ1) is 5.25. The highest BCUT2D eigenvalue weighted by Crippen LogP contribution is 2.19. The molecule has 0 saturated carbocycles. The third kappa shape index (κ3) is 1.84. The van der Waals surface area contributed by atoms with Crippen molar-refractivity contribution >= 4 is 18.2 Å². The monoisotopic (exact) mass is 165 g/mol. The summed E-state index contributed by atoms with van der Waals surface area (Å²) in [4.78, 5) is 4.89. The van der Waals surface area contributed by atoms with E-state index in [0.717, 1.165) is 10.5 Å². The van der Waals surface area contributed by atoms with Crippen LogP contribution in [-0.2, 0) is 0 Å². The Hall–Kier alpha value is -0.760. The Morgan fingerprint density at radius 3 is 2.91 bits per heavy atom. The molecule has 0 amide bonds. The molecule has 0 atom stereocenters. The van der Waals surface area contributed by atoms with Crippen molar-refractivity contribution in [3.63, 3.8) is 0 Å². The summed E-state index contributed by atoms with van der Waals surface area (Å²) in [6, 6.07) is 1.97. The van der Waals surface area contributed by atoms with Gasteiger partial charge in [-0.3, -0.25) is 4.98 Å². The topological polar surface area (TPSA) is 12.9 Å². The Kier molecular flexibility index (Phi) is 2.71. The minimum Gasteiger partial charge on any atom is -0.264 e. The number of hydrogen-bond acceptors (Lipinski definition) is 2. The third-order valence-corrected chi connectivity index (χ3v) is 2.01. The van der Waals surface area contributed by atoms with Crippen molar-refractivity contribution in [2.45, 2.75) is 18.7 Å². The van der Waals surface area contributed by atoms with E-state index in [-0.39, 0.29) is 0 Å². The molecule has 0 radical (unpaired) electrons. The van der Waals surface area contributed by atoms with Crippen LogP contribution in [0.1, 0.15) is 19.4 Å². The number of allylic oxidation sites excluding steroid dienone is 2. The van der Waals surface area contributed by atoms with E-state index in [1.165, 1.54) is 5.57 Å². The number of pyridine rings is 1. The Labute approximate surface area is 72.6 Å². The molecule has 58 valence electrons. The second-order valence-electron chi connectivity index (χ2n) is 2.36. The molecule has 0 spiro atoms. The lowest BCUT2D eigenvalue weighted by Gasteiger charge is -2.02. The first-order valence-electron chi connectivity index (χ1n) is 3.52. The van der Waals surface area contributed by atoms with Crippen LogP contribution < -0.4 is 0 Å². The van der Waals surface area contributed by atoms with Crippen LogP contribution in [0.3, 0.4) is 0 Å². The lowest BCUT2D eigenvalue weighted by Crippen LogP contribution is -1.82. The Morgan fingerprint density at radius 1 is 1.64 bits per heavy atom. The fourth-order valence-electron chi connectivity index (χ4n) is 0.875. The van der Waals surface area contributed by atoms with Crippen molar-refractivity contribution in [3.05, 3.63) is 30.1 Å². The molecule has 0 aliphatic heterocycles. The van der Waals surface area contributed by atoms with Crippen LogP contribution in [0, 0.1) is 0 Å². The van der Waals surface area contributed by atoms with E-state index in [4.69, 9.17) is 0 Å². The summed E-state index contributed by atoms with van der Waals surface area (Å²) in [5.41, 5.74) is 2.39. The van der Waals surface area contributed by atoms with Gasteiger partial charge in [0.15, 0.2) is 0 Å². The molecule has 2 heteroatoms. The van der Waals surface area contributed by atoms with Crippen LogP contribution >= 0.6 is 12.6 Å². The lowest BCUT2D eigenvalue weighted by atomic mass is 10.1. The average Bonchev–Trinajstić information content (AvgIpc) is 2.04. The van der Waals surface area contributed by atoms with E-state index in [0.29, 0.717) is 0 Å². The first-order valence-corrected chi connectivity index (χ1v) is 3.96. The summed E-state index contributed by atoms with van der Waals surface area (Å²) in [5.74, 6) is 0. The highest BCUT2D eigenvalue weighted by molar-refractivity contribution is 7.80.